The molecular weight excluding hydrogens is 390 g/mol. The molecule has 0 unspecified atom stereocenters. The fourth-order valence-corrected chi connectivity index (χ4v) is 4.60. The molecule has 0 spiro atoms. The third-order valence-corrected chi connectivity index (χ3v) is 6.12. The molecule has 1 fully saturated rings. The molecule has 4 rings (SSSR count). The number of hydrogen-bond acceptors (Lipinski definition) is 6. The first-order chi connectivity index (χ1) is 13.8. The molecule has 2 aliphatic rings. The SMILES string of the molecule is CC1(C)CC(=O)c2sc(NC(=O)c3cccc(NC(=O)[C@H]4CCCO4)c3)nc2C1. The van der Waals surface area contributed by atoms with Crippen LogP contribution in [0.2, 0.25) is 0 Å². The van der Waals surface area contributed by atoms with E-state index in [1.807, 2.05) is 13.8 Å². The fraction of sp³-hybridized carbons (Fsp3) is 0.429. The number of thiazole rings is 1. The fourth-order valence-electron chi connectivity index (χ4n) is 3.69. The van der Waals surface area contributed by atoms with Gasteiger partial charge in [0.1, 0.15) is 6.10 Å². The highest BCUT2D eigenvalue weighted by Gasteiger charge is 2.34. The number of Topliss-reactive ketones (excluding diaryl/α,β-unsaturated/α-hetero) is 1. The number of nitrogens with one attached hydrogen (secondary N) is 2. The summed E-state index contributed by atoms with van der Waals surface area (Å²) in [5.74, 6) is -0.460. The Bertz CT molecular complexity index is 976. The predicted molar refractivity (Wildman–Crippen MR) is 111 cm³/mol. The maximum Gasteiger partial charge on any atom is 0.257 e. The molecule has 8 heteroatoms. The molecule has 0 bridgehead atoms. The number of nitrogens with zero attached hydrogens (tertiary/aromatic N) is 1. The van der Waals surface area contributed by atoms with Crippen molar-refractivity contribution in [2.75, 3.05) is 17.2 Å². The topological polar surface area (TPSA) is 97.4 Å². The van der Waals surface area contributed by atoms with Crippen LogP contribution in [0.3, 0.4) is 0 Å². The molecule has 1 aromatic heterocycles. The van der Waals surface area contributed by atoms with Crippen LogP contribution in [0.4, 0.5) is 10.8 Å². The Hall–Kier alpha value is -2.58. The highest BCUT2D eigenvalue weighted by atomic mass is 32.1. The molecule has 0 radical (unpaired) electrons. The molecule has 1 saturated heterocycles. The Morgan fingerprint density at radius 3 is 2.83 bits per heavy atom. The van der Waals surface area contributed by atoms with Crippen molar-refractivity contribution in [3.8, 4) is 0 Å². The van der Waals surface area contributed by atoms with Crippen molar-refractivity contribution in [2.24, 2.45) is 5.41 Å². The molecule has 1 aliphatic heterocycles. The molecule has 1 aliphatic carbocycles. The Kier molecular flexibility index (Phi) is 5.23. The lowest BCUT2D eigenvalue weighted by Crippen LogP contribution is -2.27. The number of amides is 2. The number of fused-ring (bicyclic) bond motifs is 1. The van der Waals surface area contributed by atoms with Crippen LogP contribution >= 0.6 is 11.3 Å². The van der Waals surface area contributed by atoms with Crippen LogP contribution in [0, 0.1) is 5.41 Å². The van der Waals surface area contributed by atoms with Crippen molar-refractivity contribution in [1.29, 1.82) is 0 Å². The second kappa shape index (κ2) is 7.68. The van der Waals surface area contributed by atoms with Crippen LogP contribution in [0.1, 0.15) is 58.8 Å². The summed E-state index contributed by atoms with van der Waals surface area (Å²) in [6.07, 6.45) is 2.34. The quantitative estimate of drug-likeness (QED) is 0.797. The van der Waals surface area contributed by atoms with Crippen LogP contribution in [0.25, 0.3) is 0 Å². The Labute approximate surface area is 172 Å². The third-order valence-electron chi connectivity index (χ3n) is 5.07. The molecule has 2 N–H and O–H groups in total. The van der Waals surface area contributed by atoms with E-state index >= 15 is 0 Å². The Morgan fingerprint density at radius 1 is 1.24 bits per heavy atom. The van der Waals surface area contributed by atoms with Crippen molar-refractivity contribution in [1.82, 2.24) is 4.98 Å². The van der Waals surface area contributed by atoms with Gasteiger partial charge in [-0.25, -0.2) is 4.98 Å². The zero-order valence-corrected chi connectivity index (χ0v) is 17.2. The van der Waals surface area contributed by atoms with Crippen molar-refractivity contribution >= 4 is 39.8 Å². The molecule has 2 heterocycles. The van der Waals surface area contributed by atoms with E-state index < -0.39 is 6.10 Å². The van der Waals surface area contributed by atoms with Crippen LogP contribution in [0.5, 0.6) is 0 Å². The molecule has 0 saturated carbocycles. The smallest absolute Gasteiger partial charge is 0.257 e. The molecule has 152 valence electrons. The lowest BCUT2D eigenvalue weighted by atomic mass is 9.78. The van der Waals surface area contributed by atoms with Gasteiger partial charge in [0.25, 0.3) is 11.8 Å². The number of benzene rings is 1. The number of aromatic nitrogens is 1. The van der Waals surface area contributed by atoms with Crippen molar-refractivity contribution < 1.29 is 19.1 Å². The van der Waals surface area contributed by atoms with Crippen molar-refractivity contribution in [3.63, 3.8) is 0 Å². The minimum Gasteiger partial charge on any atom is -0.368 e. The largest absolute Gasteiger partial charge is 0.368 e. The molecule has 2 aromatic rings. The van der Waals surface area contributed by atoms with Crippen molar-refractivity contribution in [2.45, 2.75) is 45.6 Å². The molecule has 29 heavy (non-hydrogen) atoms. The highest BCUT2D eigenvalue weighted by Crippen LogP contribution is 2.38. The number of ketones is 1. The molecule has 1 atom stereocenters. The van der Waals surface area contributed by atoms with Gasteiger partial charge in [0.15, 0.2) is 10.9 Å². The first-order valence-electron chi connectivity index (χ1n) is 9.67. The monoisotopic (exact) mass is 413 g/mol. The normalized spacial score (nSPS) is 20.2. The predicted octanol–water partition coefficient (Wildman–Crippen LogP) is 3.67. The van der Waals surface area contributed by atoms with Gasteiger partial charge in [-0.3, -0.25) is 19.7 Å². The van der Waals surface area contributed by atoms with Crippen molar-refractivity contribution in [3.05, 3.63) is 40.4 Å². The summed E-state index contributed by atoms with van der Waals surface area (Å²) >= 11 is 1.22. The van der Waals surface area contributed by atoms with Crippen LogP contribution in [0.15, 0.2) is 24.3 Å². The maximum atomic E-state index is 12.7. The number of hydrogen-bond donors (Lipinski definition) is 2. The van der Waals surface area contributed by atoms with Gasteiger partial charge in [0.05, 0.1) is 10.6 Å². The molecular formula is C21H23N3O4S. The summed E-state index contributed by atoms with van der Waals surface area (Å²) in [6, 6.07) is 6.72. The van der Waals surface area contributed by atoms with E-state index in [1.165, 1.54) is 11.3 Å². The number of anilines is 2. The molecule has 2 amide bonds. The number of carbonyl (C=O) groups is 3. The minimum atomic E-state index is -0.434. The lowest BCUT2D eigenvalue weighted by molar-refractivity contribution is -0.124. The van der Waals surface area contributed by atoms with E-state index in [-0.39, 0.29) is 23.0 Å². The van der Waals surface area contributed by atoms with Gasteiger partial charge in [-0.1, -0.05) is 31.3 Å². The first kappa shape index (κ1) is 19.7. The Balaban J connectivity index is 1.45. The van der Waals surface area contributed by atoms with Gasteiger partial charge in [0.2, 0.25) is 0 Å². The van der Waals surface area contributed by atoms with E-state index in [4.69, 9.17) is 4.74 Å². The third kappa shape index (κ3) is 4.38. The summed E-state index contributed by atoms with van der Waals surface area (Å²) < 4.78 is 5.38. The summed E-state index contributed by atoms with van der Waals surface area (Å²) in [7, 11) is 0. The average Bonchev–Trinajstić information content (AvgIpc) is 3.31. The van der Waals surface area contributed by atoms with Gasteiger partial charge in [-0.15, -0.1) is 0 Å². The van der Waals surface area contributed by atoms with Gasteiger partial charge in [0, 0.05) is 24.3 Å². The second-order valence-corrected chi connectivity index (χ2v) is 9.26. The molecule has 1 aromatic carbocycles. The van der Waals surface area contributed by atoms with Gasteiger partial charge >= 0.3 is 0 Å². The average molecular weight is 413 g/mol. The maximum absolute atomic E-state index is 12.7. The number of rotatable bonds is 4. The Morgan fingerprint density at radius 2 is 2.07 bits per heavy atom. The van der Waals surface area contributed by atoms with E-state index in [0.29, 0.717) is 47.1 Å². The number of carbonyl (C=O) groups excluding carboxylic acids is 3. The van der Waals surface area contributed by atoms with Crippen LogP contribution in [-0.2, 0) is 16.0 Å². The van der Waals surface area contributed by atoms with Gasteiger partial charge in [-0.05, 0) is 42.9 Å². The van der Waals surface area contributed by atoms with Gasteiger partial charge < -0.3 is 10.1 Å². The second-order valence-electron chi connectivity index (χ2n) is 8.26. The lowest BCUT2D eigenvalue weighted by Gasteiger charge is -2.26. The summed E-state index contributed by atoms with van der Waals surface area (Å²) in [6.45, 7) is 4.68. The van der Waals surface area contributed by atoms with E-state index in [0.717, 1.165) is 12.1 Å². The zero-order chi connectivity index (χ0) is 20.6. The van der Waals surface area contributed by atoms with Crippen LogP contribution < -0.4 is 10.6 Å². The minimum absolute atomic E-state index is 0.0769. The zero-order valence-electron chi connectivity index (χ0n) is 16.4. The number of ether oxygens (including phenoxy) is 1. The van der Waals surface area contributed by atoms with E-state index in [1.54, 1.807) is 24.3 Å². The highest BCUT2D eigenvalue weighted by molar-refractivity contribution is 7.17. The van der Waals surface area contributed by atoms with Crippen LogP contribution in [-0.4, -0.2) is 35.3 Å². The molecule has 7 nitrogen and oxygen atoms in total. The van der Waals surface area contributed by atoms with E-state index in [2.05, 4.69) is 15.6 Å². The first-order valence-corrected chi connectivity index (χ1v) is 10.5. The summed E-state index contributed by atoms with van der Waals surface area (Å²) in [5.41, 5.74) is 1.57. The van der Waals surface area contributed by atoms with Gasteiger partial charge in [-0.2, -0.15) is 0 Å². The summed E-state index contributed by atoms with van der Waals surface area (Å²) in [5, 5.41) is 5.99. The standard InChI is InChI=1S/C21H23N3O4S/c1-21(2)10-14-17(15(25)11-21)29-20(23-14)24-18(26)12-5-3-6-13(9-12)22-19(27)16-7-4-8-28-16/h3,5-6,9,16H,4,7-8,10-11H2,1-2H3,(H,22,27)(H,23,24,26)/t16-/m1/s1. The van der Waals surface area contributed by atoms with E-state index in [9.17, 15) is 14.4 Å². The summed E-state index contributed by atoms with van der Waals surface area (Å²) in [4.78, 5) is 42.3.